The minimum Gasteiger partial charge on any atom is -0.456 e. The zero-order valence-corrected chi connectivity index (χ0v) is 20.1. The number of esters is 2. The standard InChI is InChI=1S/C26H33NO7/c1-23(2)24(3)9-10-26(23,34-20(24)28)21(29)33-19-16-31-17-25(19)11-13-27(14-12-25)22(30)32-15-18-7-5-4-6-8-18/h4-8,19H,9-17H2,1-3H3/t19-,24+,26+/m1/s1. The zero-order valence-electron chi connectivity index (χ0n) is 20.1. The van der Waals surface area contributed by atoms with Gasteiger partial charge in [0.15, 0.2) is 0 Å². The van der Waals surface area contributed by atoms with Crippen molar-refractivity contribution >= 4 is 18.0 Å². The summed E-state index contributed by atoms with van der Waals surface area (Å²) in [7, 11) is 0. The number of amides is 1. The summed E-state index contributed by atoms with van der Waals surface area (Å²) in [4.78, 5) is 40.3. The van der Waals surface area contributed by atoms with Gasteiger partial charge in [-0.25, -0.2) is 9.59 Å². The van der Waals surface area contributed by atoms with Gasteiger partial charge in [0.05, 0.1) is 18.6 Å². The fourth-order valence-corrected chi connectivity index (χ4v) is 6.14. The third kappa shape index (κ3) is 3.25. The van der Waals surface area contributed by atoms with Crippen molar-refractivity contribution in [2.75, 3.05) is 26.3 Å². The van der Waals surface area contributed by atoms with E-state index in [1.165, 1.54) is 0 Å². The summed E-state index contributed by atoms with van der Waals surface area (Å²) in [6, 6.07) is 9.58. The van der Waals surface area contributed by atoms with Crippen molar-refractivity contribution in [1.29, 1.82) is 0 Å². The molecule has 1 saturated carbocycles. The maximum Gasteiger partial charge on any atom is 0.410 e. The van der Waals surface area contributed by atoms with Gasteiger partial charge in [0.1, 0.15) is 12.7 Å². The molecule has 1 aromatic rings. The average Bonchev–Trinajstić information content (AvgIpc) is 3.35. The Bertz CT molecular complexity index is 984. The molecule has 1 spiro atoms. The fraction of sp³-hybridized carbons (Fsp3) is 0.654. The highest BCUT2D eigenvalue weighted by Gasteiger charge is 2.76. The minimum atomic E-state index is -1.25. The molecule has 4 fully saturated rings. The molecule has 3 atom stereocenters. The topological polar surface area (TPSA) is 91.4 Å². The summed E-state index contributed by atoms with van der Waals surface area (Å²) in [5.41, 5.74) is -1.98. The van der Waals surface area contributed by atoms with Crippen LogP contribution in [-0.4, -0.2) is 60.9 Å². The lowest BCUT2D eigenvalue weighted by Crippen LogP contribution is -2.53. The van der Waals surface area contributed by atoms with Gasteiger partial charge in [-0.3, -0.25) is 4.79 Å². The van der Waals surface area contributed by atoms with E-state index in [1.807, 2.05) is 51.1 Å². The Morgan fingerprint density at radius 1 is 1.06 bits per heavy atom. The second-order valence-corrected chi connectivity index (χ2v) is 11.0. The molecule has 0 aromatic heterocycles. The first-order chi connectivity index (χ1) is 16.1. The molecule has 4 aliphatic rings. The molecule has 1 aromatic carbocycles. The monoisotopic (exact) mass is 471 g/mol. The van der Waals surface area contributed by atoms with Crippen molar-refractivity contribution in [1.82, 2.24) is 4.90 Å². The van der Waals surface area contributed by atoms with Crippen LogP contribution in [0.1, 0.15) is 52.0 Å². The number of hydrogen-bond acceptors (Lipinski definition) is 7. The number of carbonyl (C=O) groups is 3. The molecule has 184 valence electrons. The summed E-state index contributed by atoms with van der Waals surface area (Å²) in [6.45, 7) is 7.77. The molecule has 0 N–H and O–H groups in total. The number of carbonyl (C=O) groups excluding carboxylic acids is 3. The van der Waals surface area contributed by atoms with Gasteiger partial charge in [-0.2, -0.15) is 0 Å². The molecule has 1 amide bonds. The molecular weight excluding hydrogens is 438 g/mol. The molecule has 3 saturated heterocycles. The molecule has 8 heteroatoms. The second-order valence-electron chi connectivity index (χ2n) is 11.0. The number of benzene rings is 1. The van der Waals surface area contributed by atoms with Crippen LogP contribution in [-0.2, 0) is 35.1 Å². The highest BCUT2D eigenvalue weighted by molar-refractivity contribution is 5.93. The number of hydrogen-bond donors (Lipinski definition) is 0. The lowest BCUT2D eigenvalue weighted by Gasteiger charge is -2.42. The highest BCUT2D eigenvalue weighted by Crippen LogP contribution is 2.66. The lowest BCUT2D eigenvalue weighted by atomic mass is 9.66. The molecule has 1 aliphatic carbocycles. The van der Waals surface area contributed by atoms with Gasteiger partial charge in [-0.15, -0.1) is 0 Å². The van der Waals surface area contributed by atoms with Crippen LogP contribution in [0.15, 0.2) is 30.3 Å². The van der Waals surface area contributed by atoms with Crippen molar-refractivity contribution in [2.45, 2.75) is 64.8 Å². The Balaban J connectivity index is 1.21. The summed E-state index contributed by atoms with van der Waals surface area (Å²) < 4.78 is 23.0. The van der Waals surface area contributed by atoms with Crippen molar-refractivity contribution in [3.8, 4) is 0 Å². The summed E-state index contributed by atoms with van der Waals surface area (Å²) in [5.74, 6) is -0.785. The van der Waals surface area contributed by atoms with Crippen LogP contribution in [0.4, 0.5) is 4.79 Å². The van der Waals surface area contributed by atoms with E-state index < -0.39 is 28.5 Å². The molecule has 5 rings (SSSR count). The van der Waals surface area contributed by atoms with Crippen molar-refractivity contribution < 1.29 is 33.3 Å². The van der Waals surface area contributed by atoms with E-state index in [1.54, 1.807) is 4.90 Å². The summed E-state index contributed by atoms with van der Waals surface area (Å²) in [6.07, 6.45) is 1.62. The zero-order chi connectivity index (χ0) is 24.2. The number of rotatable bonds is 4. The predicted molar refractivity (Wildman–Crippen MR) is 121 cm³/mol. The first kappa shape index (κ1) is 23.1. The average molecular weight is 472 g/mol. The Morgan fingerprint density at radius 2 is 1.76 bits per heavy atom. The molecule has 2 bridgehead atoms. The Hall–Kier alpha value is -2.61. The van der Waals surface area contributed by atoms with Gasteiger partial charge in [-0.05, 0) is 38.2 Å². The van der Waals surface area contributed by atoms with Gasteiger partial charge in [-0.1, -0.05) is 44.2 Å². The van der Waals surface area contributed by atoms with Gasteiger partial charge >= 0.3 is 18.0 Å². The van der Waals surface area contributed by atoms with E-state index >= 15 is 0 Å². The molecule has 3 heterocycles. The quantitative estimate of drug-likeness (QED) is 0.490. The molecule has 3 aliphatic heterocycles. The second kappa shape index (κ2) is 7.97. The van der Waals surface area contributed by atoms with Crippen LogP contribution >= 0.6 is 0 Å². The molecule has 8 nitrogen and oxygen atoms in total. The van der Waals surface area contributed by atoms with Crippen LogP contribution < -0.4 is 0 Å². The normalized spacial score (nSPS) is 33.1. The smallest absolute Gasteiger partial charge is 0.410 e. The SMILES string of the molecule is CC1(C)[C@@]2(C)CC[C@@]1(C(=O)O[C@@H]1COCC13CCN(C(=O)OCc1ccccc1)CC3)OC2=O. The minimum absolute atomic E-state index is 0.236. The fourth-order valence-electron chi connectivity index (χ4n) is 6.14. The Labute approximate surface area is 199 Å². The van der Waals surface area contributed by atoms with E-state index in [0.29, 0.717) is 52.0 Å². The van der Waals surface area contributed by atoms with Gasteiger partial charge < -0.3 is 23.8 Å². The summed E-state index contributed by atoms with van der Waals surface area (Å²) in [5, 5.41) is 0. The maximum absolute atomic E-state index is 13.5. The van der Waals surface area contributed by atoms with Crippen LogP contribution in [0.2, 0.25) is 0 Å². The van der Waals surface area contributed by atoms with Crippen LogP contribution in [0.5, 0.6) is 0 Å². The van der Waals surface area contributed by atoms with Crippen molar-refractivity contribution in [3.05, 3.63) is 35.9 Å². The number of piperidine rings is 1. The molecule has 0 radical (unpaired) electrons. The van der Waals surface area contributed by atoms with Crippen molar-refractivity contribution in [2.24, 2.45) is 16.2 Å². The molecular formula is C26H33NO7. The van der Waals surface area contributed by atoms with E-state index in [2.05, 4.69) is 0 Å². The largest absolute Gasteiger partial charge is 0.456 e. The van der Waals surface area contributed by atoms with E-state index in [4.69, 9.17) is 18.9 Å². The lowest BCUT2D eigenvalue weighted by molar-refractivity contribution is -0.191. The molecule has 34 heavy (non-hydrogen) atoms. The number of nitrogens with zero attached hydrogens (tertiary/aromatic N) is 1. The van der Waals surface area contributed by atoms with E-state index in [0.717, 1.165) is 5.56 Å². The van der Waals surface area contributed by atoms with Crippen LogP contribution in [0.3, 0.4) is 0 Å². The Morgan fingerprint density at radius 3 is 2.38 bits per heavy atom. The van der Waals surface area contributed by atoms with Gasteiger partial charge in [0, 0.05) is 23.9 Å². The predicted octanol–water partition coefficient (Wildman–Crippen LogP) is 3.47. The van der Waals surface area contributed by atoms with Gasteiger partial charge in [0.25, 0.3) is 0 Å². The molecule has 0 unspecified atom stereocenters. The van der Waals surface area contributed by atoms with Crippen LogP contribution in [0.25, 0.3) is 0 Å². The highest BCUT2D eigenvalue weighted by atomic mass is 16.6. The Kier molecular flexibility index (Phi) is 5.43. The van der Waals surface area contributed by atoms with Crippen LogP contribution in [0, 0.1) is 16.2 Å². The van der Waals surface area contributed by atoms with Gasteiger partial charge in [0.2, 0.25) is 5.60 Å². The number of fused-ring (bicyclic) bond motifs is 2. The number of ether oxygens (including phenoxy) is 4. The third-order valence-electron chi connectivity index (χ3n) is 9.23. The number of likely N-dealkylation sites (tertiary alicyclic amines) is 1. The van der Waals surface area contributed by atoms with Crippen molar-refractivity contribution in [3.63, 3.8) is 0 Å². The summed E-state index contributed by atoms with van der Waals surface area (Å²) >= 11 is 0. The first-order valence-electron chi connectivity index (χ1n) is 12.1. The third-order valence-corrected chi connectivity index (χ3v) is 9.23. The van der Waals surface area contributed by atoms with E-state index in [-0.39, 0.29) is 24.1 Å². The first-order valence-corrected chi connectivity index (χ1v) is 12.1. The van der Waals surface area contributed by atoms with E-state index in [9.17, 15) is 14.4 Å². The maximum atomic E-state index is 13.5.